The summed E-state index contributed by atoms with van der Waals surface area (Å²) in [5, 5.41) is 6.45. The van der Waals surface area contributed by atoms with Crippen molar-refractivity contribution < 1.29 is 9.32 Å². The summed E-state index contributed by atoms with van der Waals surface area (Å²) in [5.41, 5.74) is 5.72. The summed E-state index contributed by atoms with van der Waals surface area (Å²) in [5.74, 6) is 1.03. The van der Waals surface area contributed by atoms with Gasteiger partial charge >= 0.3 is 0 Å². The molecule has 0 atom stereocenters. The Bertz CT molecular complexity index is 415. The number of hydrogen-bond acceptors (Lipinski definition) is 5. The molecule has 1 aromatic heterocycles. The van der Waals surface area contributed by atoms with Crippen LogP contribution in [0.1, 0.15) is 26.5 Å². The zero-order valence-corrected chi connectivity index (χ0v) is 12.2. The molecule has 1 heterocycles. The fourth-order valence-electron chi connectivity index (χ4n) is 1.76. The zero-order valence-electron chi connectivity index (χ0n) is 12.2. The van der Waals surface area contributed by atoms with Crippen LogP contribution in [0.15, 0.2) is 10.6 Å². The predicted octanol–water partition coefficient (Wildman–Crippen LogP) is 1.23. The molecule has 0 saturated heterocycles. The number of nitrogens with two attached hydrogens (primary N) is 1. The van der Waals surface area contributed by atoms with E-state index in [-0.39, 0.29) is 11.3 Å². The minimum atomic E-state index is -0.0945. The number of carbonyl (C=O) groups excluding carboxylic acids is 1. The summed E-state index contributed by atoms with van der Waals surface area (Å²) >= 11 is 0. The van der Waals surface area contributed by atoms with Crippen molar-refractivity contribution in [2.45, 2.75) is 27.7 Å². The minimum absolute atomic E-state index is 0.000762. The monoisotopic (exact) mass is 268 g/mol. The van der Waals surface area contributed by atoms with E-state index in [1.807, 2.05) is 6.92 Å². The molecule has 0 aliphatic heterocycles. The topological polar surface area (TPSA) is 84.4 Å². The van der Waals surface area contributed by atoms with E-state index in [9.17, 15) is 4.79 Å². The van der Waals surface area contributed by atoms with Crippen LogP contribution in [0, 0.1) is 12.3 Å². The molecule has 1 aromatic rings. The normalized spacial score (nSPS) is 11.9. The Morgan fingerprint density at radius 1 is 1.58 bits per heavy atom. The maximum Gasteiger partial charge on any atom is 0.239 e. The lowest BCUT2D eigenvalue weighted by Gasteiger charge is -2.30. The molecule has 0 aliphatic carbocycles. The van der Waals surface area contributed by atoms with Crippen LogP contribution in [0.5, 0.6) is 0 Å². The molecule has 6 nitrogen and oxygen atoms in total. The summed E-state index contributed by atoms with van der Waals surface area (Å²) in [6.45, 7) is 10.5. The van der Waals surface area contributed by atoms with Crippen LogP contribution in [0.3, 0.4) is 0 Å². The fourth-order valence-corrected chi connectivity index (χ4v) is 1.76. The Hall–Kier alpha value is -1.40. The molecule has 0 unspecified atom stereocenters. The lowest BCUT2D eigenvalue weighted by atomic mass is 9.93. The average molecular weight is 268 g/mol. The molecule has 3 N–H and O–H groups in total. The van der Waals surface area contributed by atoms with Gasteiger partial charge in [-0.2, -0.15) is 0 Å². The first-order valence-corrected chi connectivity index (χ1v) is 6.52. The third kappa shape index (κ3) is 5.40. The summed E-state index contributed by atoms with van der Waals surface area (Å²) in [6, 6.07) is 1.69. The van der Waals surface area contributed by atoms with Gasteiger partial charge in [0.15, 0.2) is 5.82 Å². The van der Waals surface area contributed by atoms with E-state index in [1.54, 1.807) is 13.0 Å². The van der Waals surface area contributed by atoms with Crippen molar-refractivity contribution in [3.63, 3.8) is 0 Å². The van der Waals surface area contributed by atoms with Crippen LogP contribution in [-0.2, 0) is 4.79 Å². The molecule has 0 saturated carbocycles. The smallest absolute Gasteiger partial charge is 0.239 e. The van der Waals surface area contributed by atoms with E-state index in [4.69, 9.17) is 10.3 Å². The van der Waals surface area contributed by atoms with E-state index in [0.717, 1.165) is 13.1 Å². The van der Waals surface area contributed by atoms with Gasteiger partial charge in [0.25, 0.3) is 0 Å². The third-order valence-corrected chi connectivity index (χ3v) is 2.91. The van der Waals surface area contributed by atoms with Gasteiger partial charge in [-0.3, -0.25) is 9.69 Å². The second-order valence-electron chi connectivity index (χ2n) is 5.54. The Balaban J connectivity index is 2.49. The maximum atomic E-state index is 11.9. The number of rotatable bonds is 7. The lowest BCUT2D eigenvalue weighted by Crippen LogP contribution is -2.42. The molecule has 108 valence electrons. The van der Waals surface area contributed by atoms with Crippen LogP contribution < -0.4 is 11.1 Å². The van der Waals surface area contributed by atoms with Crippen molar-refractivity contribution in [1.29, 1.82) is 0 Å². The number of likely N-dealkylation sites (N-methyl/N-ethyl adjacent to an activating group) is 1. The van der Waals surface area contributed by atoms with Gasteiger partial charge in [0.05, 0.1) is 6.54 Å². The van der Waals surface area contributed by atoms with Crippen LogP contribution >= 0.6 is 0 Å². The van der Waals surface area contributed by atoms with Gasteiger partial charge in [-0.15, -0.1) is 0 Å². The van der Waals surface area contributed by atoms with Gasteiger partial charge in [0.2, 0.25) is 5.91 Å². The molecule has 0 aliphatic rings. The molecule has 0 fully saturated rings. The third-order valence-electron chi connectivity index (χ3n) is 2.91. The van der Waals surface area contributed by atoms with Gasteiger partial charge in [0.1, 0.15) is 5.76 Å². The zero-order chi connectivity index (χ0) is 14.5. The van der Waals surface area contributed by atoms with Crippen molar-refractivity contribution in [1.82, 2.24) is 10.1 Å². The van der Waals surface area contributed by atoms with E-state index < -0.39 is 0 Å². The molecule has 0 spiro atoms. The van der Waals surface area contributed by atoms with Crippen molar-refractivity contribution in [2.24, 2.45) is 11.1 Å². The van der Waals surface area contributed by atoms with Crippen LogP contribution in [0.2, 0.25) is 0 Å². The number of nitrogens with zero attached hydrogens (tertiary/aromatic N) is 2. The number of aromatic nitrogens is 1. The van der Waals surface area contributed by atoms with E-state index >= 15 is 0 Å². The van der Waals surface area contributed by atoms with Gasteiger partial charge in [-0.25, -0.2) is 0 Å². The quantitative estimate of drug-likeness (QED) is 0.777. The summed E-state index contributed by atoms with van der Waals surface area (Å²) < 4.78 is 4.90. The van der Waals surface area contributed by atoms with Gasteiger partial charge in [-0.05, 0) is 25.4 Å². The molecular formula is C13H24N4O2. The Kier molecular flexibility index (Phi) is 5.50. The van der Waals surface area contributed by atoms with Crippen LogP contribution in [-0.4, -0.2) is 42.1 Å². The molecule has 1 rings (SSSR count). The van der Waals surface area contributed by atoms with E-state index in [1.165, 1.54) is 0 Å². The Morgan fingerprint density at radius 3 is 2.74 bits per heavy atom. The lowest BCUT2D eigenvalue weighted by molar-refractivity contribution is -0.117. The SMILES string of the molecule is CCN(CC(=O)Nc1cc(C)on1)CC(C)(C)CN. The van der Waals surface area contributed by atoms with Crippen molar-refractivity contribution in [3.8, 4) is 0 Å². The summed E-state index contributed by atoms with van der Waals surface area (Å²) in [6.07, 6.45) is 0. The van der Waals surface area contributed by atoms with Gasteiger partial charge in [-0.1, -0.05) is 25.9 Å². The average Bonchev–Trinajstić information content (AvgIpc) is 2.73. The standard InChI is InChI=1S/C13H24N4O2/c1-5-17(9-13(3,4)8-14)7-12(18)15-11-6-10(2)19-16-11/h6H,5,7-9,14H2,1-4H3,(H,15,16,18). The highest BCUT2D eigenvalue weighted by Gasteiger charge is 2.21. The largest absolute Gasteiger partial charge is 0.360 e. The van der Waals surface area contributed by atoms with Crippen molar-refractivity contribution >= 4 is 11.7 Å². The fraction of sp³-hybridized carbons (Fsp3) is 0.692. The highest BCUT2D eigenvalue weighted by atomic mass is 16.5. The molecule has 0 aromatic carbocycles. The van der Waals surface area contributed by atoms with E-state index in [0.29, 0.717) is 24.7 Å². The number of hydrogen-bond donors (Lipinski definition) is 2. The van der Waals surface area contributed by atoms with Crippen molar-refractivity contribution in [2.75, 3.05) is 31.5 Å². The number of anilines is 1. The van der Waals surface area contributed by atoms with Gasteiger partial charge in [0, 0.05) is 12.6 Å². The Labute approximate surface area is 114 Å². The van der Waals surface area contributed by atoms with Crippen LogP contribution in [0.25, 0.3) is 0 Å². The van der Waals surface area contributed by atoms with E-state index in [2.05, 4.69) is 29.2 Å². The van der Waals surface area contributed by atoms with Crippen molar-refractivity contribution in [3.05, 3.63) is 11.8 Å². The highest BCUT2D eigenvalue weighted by molar-refractivity contribution is 5.91. The minimum Gasteiger partial charge on any atom is -0.360 e. The number of carbonyl (C=O) groups is 1. The second kappa shape index (κ2) is 6.68. The molecule has 19 heavy (non-hydrogen) atoms. The first-order valence-electron chi connectivity index (χ1n) is 6.52. The maximum absolute atomic E-state index is 11.9. The van der Waals surface area contributed by atoms with Crippen LogP contribution in [0.4, 0.5) is 5.82 Å². The first-order chi connectivity index (χ1) is 8.86. The molecule has 0 bridgehead atoms. The number of nitrogens with one attached hydrogen (secondary N) is 1. The molecule has 6 heteroatoms. The van der Waals surface area contributed by atoms with Gasteiger partial charge < -0.3 is 15.6 Å². The second-order valence-corrected chi connectivity index (χ2v) is 5.54. The molecule has 1 amide bonds. The first kappa shape index (κ1) is 15.7. The molecule has 0 radical (unpaired) electrons. The molecular weight excluding hydrogens is 244 g/mol. The summed E-state index contributed by atoms with van der Waals surface area (Å²) in [4.78, 5) is 14.0. The number of amides is 1. The predicted molar refractivity (Wildman–Crippen MR) is 74.8 cm³/mol. The highest BCUT2D eigenvalue weighted by Crippen LogP contribution is 2.14. The Morgan fingerprint density at radius 2 is 2.26 bits per heavy atom. The number of aryl methyl sites for hydroxylation is 1. The summed E-state index contributed by atoms with van der Waals surface area (Å²) in [7, 11) is 0.